The number of aromatic nitrogens is 3. The van der Waals surface area contributed by atoms with E-state index in [-0.39, 0.29) is 39.8 Å². The van der Waals surface area contributed by atoms with Gasteiger partial charge < -0.3 is 9.80 Å². The molecule has 1 aliphatic rings. The van der Waals surface area contributed by atoms with E-state index in [0.717, 1.165) is 10.3 Å². The van der Waals surface area contributed by atoms with Gasteiger partial charge in [-0.3, -0.25) is 4.79 Å². The zero-order valence-corrected chi connectivity index (χ0v) is 19.3. The summed E-state index contributed by atoms with van der Waals surface area (Å²) in [6, 6.07) is 6.77. The molecule has 0 radical (unpaired) electrons. The number of hydrogen-bond donors (Lipinski definition) is 1. The van der Waals surface area contributed by atoms with E-state index < -0.39 is 10.0 Å². The molecular formula is C18H18BrClN6O4S. The number of halogens is 2. The second kappa shape index (κ2) is 9.07. The zero-order valence-electron chi connectivity index (χ0n) is 16.2. The van der Waals surface area contributed by atoms with Gasteiger partial charge in [0.1, 0.15) is 16.2 Å². The van der Waals surface area contributed by atoms with Crippen molar-refractivity contribution in [2.45, 2.75) is 11.3 Å². The molecule has 1 saturated heterocycles. The van der Waals surface area contributed by atoms with E-state index >= 15 is 0 Å². The Morgan fingerprint density at radius 3 is 2.65 bits per heavy atom. The third-order valence-electron chi connectivity index (χ3n) is 4.90. The van der Waals surface area contributed by atoms with Crippen molar-refractivity contribution in [3.63, 3.8) is 0 Å². The minimum absolute atomic E-state index is 0.000278. The van der Waals surface area contributed by atoms with Crippen molar-refractivity contribution < 1.29 is 17.8 Å². The fraction of sp³-hybridized carbons (Fsp3) is 0.333. The van der Waals surface area contributed by atoms with E-state index in [1.54, 1.807) is 11.1 Å². The summed E-state index contributed by atoms with van der Waals surface area (Å²) in [5.74, 6) is 0.731. The van der Waals surface area contributed by atoms with Crippen molar-refractivity contribution in [1.82, 2.24) is 24.9 Å². The van der Waals surface area contributed by atoms with E-state index in [2.05, 4.69) is 45.5 Å². The molecule has 0 unspecified atom stereocenters. The number of anilines is 1. The summed E-state index contributed by atoms with van der Waals surface area (Å²) in [5.41, 5.74) is 0.322. The fourth-order valence-electron chi connectivity index (χ4n) is 3.32. The number of piperazine rings is 1. The minimum Gasteiger partial charge on any atom is -0.353 e. The lowest BCUT2D eigenvalue weighted by Crippen LogP contribution is -2.49. The molecular weight excluding hydrogens is 512 g/mol. The molecule has 0 atom stereocenters. The van der Waals surface area contributed by atoms with Crippen LogP contribution in [0.5, 0.6) is 0 Å². The van der Waals surface area contributed by atoms with Gasteiger partial charge in [-0.2, -0.15) is 0 Å². The standard InChI is InChI=1S/C18H18BrClN6O4S/c19-12-1-4-15(21-11-12)25-7-9-26(10-8-25)16(27)5-6-22-31(28,29)18-13(20)2-3-14-17(18)24-30-23-14/h1-4,11,22H,5-10H2. The Labute approximate surface area is 191 Å². The number of fused-ring (bicyclic) bond motifs is 1. The van der Waals surface area contributed by atoms with Crippen LogP contribution in [0.4, 0.5) is 5.82 Å². The summed E-state index contributed by atoms with van der Waals surface area (Å²) in [5, 5.41) is 7.25. The molecule has 3 aromatic rings. The lowest BCUT2D eigenvalue weighted by atomic mass is 10.2. The molecule has 1 fully saturated rings. The third-order valence-corrected chi connectivity index (χ3v) is 7.33. The minimum atomic E-state index is -4.00. The van der Waals surface area contributed by atoms with Crippen molar-refractivity contribution in [3.05, 3.63) is 40.0 Å². The Morgan fingerprint density at radius 1 is 1.16 bits per heavy atom. The second-order valence-corrected chi connectivity index (χ2v) is 9.89. The predicted octanol–water partition coefficient (Wildman–Crippen LogP) is 2.05. The van der Waals surface area contributed by atoms with Crippen LogP contribution in [-0.4, -0.2) is 67.2 Å². The van der Waals surface area contributed by atoms with Crippen molar-refractivity contribution in [1.29, 1.82) is 0 Å². The Morgan fingerprint density at radius 2 is 1.94 bits per heavy atom. The number of hydrogen-bond acceptors (Lipinski definition) is 8. The normalized spacial score (nSPS) is 14.9. The lowest BCUT2D eigenvalue weighted by molar-refractivity contribution is -0.131. The summed E-state index contributed by atoms with van der Waals surface area (Å²) < 4.78 is 33.3. The first kappa shape index (κ1) is 21.9. The molecule has 0 aliphatic carbocycles. The number of rotatable bonds is 6. The van der Waals surface area contributed by atoms with Crippen molar-refractivity contribution in [2.24, 2.45) is 0 Å². The maximum absolute atomic E-state index is 12.7. The number of carbonyl (C=O) groups excluding carboxylic acids is 1. The topological polar surface area (TPSA) is 122 Å². The second-order valence-electron chi connectivity index (χ2n) is 6.86. The van der Waals surface area contributed by atoms with Crippen molar-refractivity contribution >= 4 is 60.3 Å². The van der Waals surface area contributed by atoms with Crippen molar-refractivity contribution in [2.75, 3.05) is 37.6 Å². The van der Waals surface area contributed by atoms with Crippen LogP contribution in [0.2, 0.25) is 5.02 Å². The van der Waals surface area contributed by atoms with Crippen LogP contribution in [-0.2, 0) is 14.8 Å². The molecule has 3 heterocycles. The molecule has 1 amide bonds. The highest BCUT2D eigenvalue weighted by Crippen LogP contribution is 2.28. The van der Waals surface area contributed by atoms with E-state index in [4.69, 9.17) is 11.6 Å². The Kier molecular flexibility index (Phi) is 6.42. The highest BCUT2D eigenvalue weighted by atomic mass is 79.9. The summed E-state index contributed by atoms with van der Waals surface area (Å²) in [6.45, 7) is 2.33. The molecule has 31 heavy (non-hydrogen) atoms. The largest absolute Gasteiger partial charge is 0.353 e. The van der Waals surface area contributed by atoms with Crippen LogP contribution in [0.25, 0.3) is 11.0 Å². The van der Waals surface area contributed by atoms with Crippen LogP contribution >= 0.6 is 27.5 Å². The van der Waals surface area contributed by atoms with Crippen LogP contribution in [0.3, 0.4) is 0 Å². The first-order chi connectivity index (χ1) is 14.8. The molecule has 2 aromatic heterocycles. The number of amides is 1. The van der Waals surface area contributed by atoms with Gasteiger partial charge in [0, 0.05) is 49.8 Å². The first-order valence-corrected chi connectivity index (χ1v) is 12.1. The predicted molar refractivity (Wildman–Crippen MR) is 117 cm³/mol. The van der Waals surface area contributed by atoms with Gasteiger partial charge in [-0.25, -0.2) is 22.8 Å². The van der Waals surface area contributed by atoms with Gasteiger partial charge in [-0.15, -0.1) is 0 Å². The third kappa shape index (κ3) is 4.81. The molecule has 13 heteroatoms. The van der Waals surface area contributed by atoms with E-state index in [1.807, 2.05) is 12.1 Å². The first-order valence-electron chi connectivity index (χ1n) is 9.40. The maximum atomic E-state index is 12.7. The summed E-state index contributed by atoms with van der Waals surface area (Å²) in [4.78, 5) is 20.5. The van der Waals surface area contributed by atoms with Crippen LogP contribution in [0.1, 0.15) is 6.42 Å². The smallest absolute Gasteiger partial charge is 0.244 e. The average Bonchev–Trinajstić information content (AvgIpc) is 3.22. The fourth-order valence-corrected chi connectivity index (χ4v) is 5.25. The number of carbonyl (C=O) groups is 1. The molecule has 0 bridgehead atoms. The van der Waals surface area contributed by atoms with Gasteiger partial charge >= 0.3 is 0 Å². The van der Waals surface area contributed by atoms with Crippen LogP contribution < -0.4 is 9.62 Å². The van der Waals surface area contributed by atoms with Crippen LogP contribution in [0.15, 0.2) is 44.5 Å². The Hall–Kier alpha value is -2.28. The van der Waals surface area contributed by atoms with Gasteiger partial charge in [0.05, 0.1) is 5.02 Å². The molecule has 164 valence electrons. The maximum Gasteiger partial charge on any atom is 0.244 e. The van der Waals surface area contributed by atoms with Gasteiger partial charge in [0.15, 0.2) is 5.52 Å². The summed E-state index contributed by atoms with van der Waals surface area (Å²) >= 11 is 9.43. The Balaban J connectivity index is 1.32. The molecule has 1 N–H and O–H groups in total. The van der Waals surface area contributed by atoms with Crippen molar-refractivity contribution in [3.8, 4) is 0 Å². The number of sulfonamides is 1. The molecule has 1 aliphatic heterocycles. The highest BCUT2D eigenvalue weighted by Gasteiger charge is 2.26. The Bertz CT molecular complexity index is 1200. The van der Waals surface area contributed by atoms with E-state index in [0.29, 0.717) is 26.2 Å². The van der Waals surface area contributed by atoms with Gasteiger partial charge in [0.2, 0.25) is 15.9 Å². The van der Waals surface area contributed by atoms with Crippen LogP contribution in [0, 0.1) is 0 Å². The average molecular weight is 530 g/mol. The molecule has 0 spiro atoms. The monoisotopic (exact) mass is 528 g/mol. The zero-order chi connectivity index (χ0) is 22.0. The lowest BCUT2D eigenvalue weighted by Gasteiger charge is -2.35. The molecule has 4 rings (SSSR count). The molecule has 10 nitrogen and oxygen atoms in total. The van der Waals surface area contributed by atoms with Gasteiger partial charge in [0.25, 0.3) is 0 Å². The SMILES string of the molecule is O=C(CCNS(=O)(=O)c1c(Cl)ccc2nonc12)N1CCN(c2ccc(Br)cn2)CC1. The number of benzene rings is 1. The summed E-state index contributed by atoms with van der Waals surface area (Å²) in [7, 11) is -4.00. The number of pyridine rings is 1. The van der Waals surface area contributed by atoms with E-state index in [9.17, 15) is 13.2 Å². The van der Waals surface area contributed by atoms with E-state index in [1.165, 1.54) is 12.1 Å². The molecule has 0 saturated carbocycles. The van der Waals surface area contributed by atoms with Gasteiger partial charge in [-0.05, 0) is 50.5 Å². The molecule has 1 aromatic carbocycles. The van der Waals surface area contributed by atoms with Gasteiger partial charge in [-0.1, -0.05) is 11.6 Å². The number of nitrogens with zero attached hydrogens (tertiary/aromatic N) is 5. The quantitative estimate of drug-likeness (QED) is 0.515. The highest BCUT2D eigenvalue weighted by molar-refractivity contribution is 9.10. The summed E-state index contributed by atoms with van der Waals surface area (Å²) in [6.07, 6.45) is 1.77. The number of nitrogens with one attached hydrogen (secondary N) is 1.